The molecule has 0 aliphatic rings. The molecule has 3 rings (SSSR count). The van der Waals surface area contributed by atoms with Gasteiger partial charge >= 0.3 is 6.09 Å². The number of sulfonamides is 1. The molecule has 3 aromatic carbocycles. The van der Waals surface area contributed by atoms with Crippen molar-refractivity contribution in [3.8, 4) is 0 Å². The van der Waals surface area contributed by atoms with E-state index in [4.69, 9.17) is 10.5 Å². The number of carbonyl (C=O) groups is 3. The highest BCUT2D eigenvalue weighted by Crippen LogP contribution is 2.18. The molecule has 230 valence electrons. The number of aliphatic hydroxyl groups is 1. The summed E-state index contributed by atoms with van der Waals surface area (Å²) in [5, 5.41) is 16.4. The molecule has 0 saturated heterocycles. The molecule has 11 nitrogen and oxygen atoms in total. The number of nitrogens with two attached hydrogens (primary N) is 1. The first-order valence-corrected chi connectivity index (χ1v) is 15.4. The van der Waals surface area contributed by atoms with Crippen LogP contribution in [-0.2, 0) is 37.4 Å². The summed E-state index contributed by atoms with van der Waals surface area (Å²) in [5.74, 6) is -1.63. The fraction of sp³-hybridized carbons (Fsp3) is 0.323. The van der Waals surface area contributed by atoms with Crippen LogP contribution in [-0.4, -0.2) is 67.0 Å². The number of primary amides is 1. The van der Waals surface area contributed by atoms with E-state index in [9.17, 15) is 27.9 Å². The van der Waals surface area contributed by atoms with Crippen molar-refractivity contribution in [2.45, 2.75) is 55.9 Å². The third-order valence-electron chi connectivity index (χ3n) is 6.56. The molecule has 5 N–H and O–H groups in total. The topological polar surface area (TPSA) is 168 Å². The van der Waals surface area contributed by atoms with Crippen LogP contribution < -0.4 is 16.4 Å². The molecule has 0 heterocycles. The van der Waals surface area contributed by atoms with Crippen LogP contribution in [0.15, 0.2) is 95.9 Å². The zero-order valence-corrected chi connectivity index (χ0v) is 24.8. The van der Waals surface area contributed by atoms with E-state index in [2.05, 4.69) is 10.6 Å². The van der Waals surface area contributed by atoms with Crippen molar-refractivity contribution in [3.63, 3.8) is 0 Å². The van der Waals surface area contributed by atoms with Crippen molar-refractivity contribution in [1.82, 2.24) is 14.9 Å². The van der Waals surface area contributed by atoms with Gasteiger partial charge in [-0.05, 0) is 36.1 Å². The molecule has 3 amide bonds. The highest BCUT2D eigenvalue weighted by Gasteiger charge is 2.32. The summed E-state index contributed by atoms with van der Waals surface area (Å²) in [7, 11) is -3.94. The smallest absolute Gasteiger partial charge is 0.408 e. The third-order valence-corrected chi connectivity index (χ3v) is 8.44. The molecule has 0 aliphatic heterocycles. The SMILES string of the molecule is CCCN(CC(O)[C@H](Cc1ccccc1)NC(=O)[C@H](CC(N)=O)NC(=O)OCc1ccccc1)S(=O)(=O)c1ccccc1. The van der Waals surface area contributed by atoms with Crippen molar-refractivity contribution in [1.29, 1.82) is 0 Å². The number of hydrogen-bond acceptors (Lipinski definition) is 7. The van der Waals surface area contributed by atoms with E-state index in [-0.39, 0.29) is 31.0 Å². The Morgan fingerprint density at radius 2 is 1.44 bits per heavy atom. The van der Waals surface area contributed by atoms with Crippen molar-refractivity contribution in [3.05, 3.63) is 102 Å². The molecule has 1 unspecified atom stereocenters. The van der Waals surface area contributed by atoms with Crippen LogP contribution in [0.4, 0.5) is 4.79 Å². The van der Waals surface area contributed by atoms with Gasteiger partial charge in [-0.2, -0.15) is 4.31 Å². The predicted molar refractivity (Wildman–Crippen MR) is 161 cm³/mol. The fourth-order valence-corrected chi connectivity index (χ4v) is 5.96. The molecule has 0 bridgehead atoms. The summed E-state index contributed by atoms with van der Waals surface area (Å²) in [4.78, 5) is 37.7. The van der Waals surface area contributed by atoms with E-state index in [1.54, 1.807) is 66.7 Å². The van der Waals surface area contributed by atoms with E-state index >= 15 is 0 Å². The number of hydrogen-bond donors (Lipinski definition) is 4. The molecule has 0 spiro atoms. The Hall–Kier alpha value is -4.26. The van der Waals surface area contributed by atoms with Crippen LogP contribution in [0.1, 0.15) is 30.9 Å². The lowest BCUT2D eigenvalue weighted by Crippen LogP contribution is -2.56. The molecule has 43 heavy (non-hydrogen) atoms. The van der Waals surface area contributed by atoms with Gasteiger partial charge in [-0.1, -0.05) is 85.8 Å². The van der Waals surface area contributed by atoms with Gasteiger partial charge in [0.2, 0.25) is 21.8 Å². The lowest BCUT2D eigenvalue weighted by Gasteiger charge is -2.30. The molecular weight excluding hydrogens is 572 g/mol. The number of rotatable bonds is 16. The molecule has 0 aromatic heterocycles. The van der Waals surface area contributed by atoms with Gasteiger partial charge in [0.05, 0.1) is 23.5 Å². The second kappa shape index (κ2) is 16.4. The first kappa shape index (κ1) is 33.2. The standard InChI is InChI=1S/C31H38N4O7S/c1-2-18-35(43(40,41)25-16-10-5-11-17-25)21-28(36)26(19-23-12-6-3-7-13-23)33-30(38)27(20-29(32)37)34-31(39)42-22-24-14-8-4-9-15-24/h3-17,26-28,36H,2,18-22H2,1H3,(H2,32,37)(H,33,38)(H,34,39)/t26-,27-,28?/m0/s1. The first-order valence-electron chi connectivity index (χ1n) is 13.9. The number of alkyl carbamates (subject to hydrolysis) is 1. The van der Waals surface area contributed by atoms with E-state index in [0.29, 0.717) is 6.42 Å². The van der Waals surface area contributed by atoms with Crippen LogP contribution >= 0.6 is 0 Å². The van der Waals surface area contributed by atoms with Crippen LogP contribution in [0.5, 0.6) is 0 Å². The first-order chi connectivity index (χ1) is 20.6. The normalized spacial score (nSPS) is 13.5. The van der Waals surface area contributed by atoms with E-state index in [0.717, 1.165) is 11.1 Å². The molecule has 0 fully saturated rings. The minimum absolute atomic E-state index is 0.0594. The van der Waals surface area contributed by atoms with E-state index in [1.807, 2.05) is 19.1 Å². The Morgan fingerprint density at radius 1 is 0.884 bits per heavy atom. The van der Waals surface area contributed by atoms with Crippen molar-refractivity contribution in [2.24, 2.45) is 5.73 Å². The molecule has 0 saturated carbocycles. The number of ether oxygens (including phenoxy) is 1. The van der Waals surface area contributed by atoms with Crippen LogP contribution in [0.25, 0.3) is 0 Å². The van der Waals surface area contributed by atoms with Crippen LogP contribution in [0.3, 0.4) is 0 Å². The fourth-order valence-electron chi connectivity index (χ4n) is 4.39. The molecule has 12 heteroatoms. The summed E-state index contributed by atoms with van der Waals surface area (Å²) in [6, 6.07) is 23.4. The predicted octanol–water partition coefficient (Wildman–Crippen LogP) is 2.35. The summed E-state index contributed by atoms with van der Waals surface area (Å²) in [6.45, 7) is 1.59. The van der Waals surface area contributed by atoms with E-state index < -0.39 is 52.5 Å². The average Bonchev–Trinajstić information content (AvgIpc) is 3.00. The molecule has 0 radical (unpaired) electrons. The summed E-state index contributed by atoms with van der Waals surface area (Å²) < 4.78 is 33.2. The van der Waals surface area contributed by atoms with Gasteiger partial charge in [0.1, 0.15) is 12.6 Å². The minimum Gasteiger partial charge on any atom is -0.445 e. The summed E-state index contributed by atoms with van der Waals surface area (Å²) in [5.41, 5.74) is 6.84. The number of amides is 3. The molecule has 3 atom stereocenters. The third kappa shape index (κ3) is 10.5. The Bertz CT molecular complexity index is 1420. The highest BCUT2D eigenvalue weighted by atomic mass is 32.2. The van der Waals surface area contributed by atoms with Gasteiger partial charge in [0, 0.05) is 13.1 Å². The van der Waals surface area contributed by atoms with Crippen molar-refractivity contribution < 1.29 is 32.6 Å². The Kier molecular flexibility index (Phi) is 12.7. The number of nitrogens with zero attached hydrogens (tertiary/aromatic N) is 1. The van der Waals surface area contributed by atoms with E-state index in [1.165, 1.54) is 16.4 Å². The zero-order chi connectivity index (χ0) is 31.2. The maximum atomic E-state index is 13.4. The van der Waals surface area contributed by atoms with Crippen LogP contribution in [0, 0.1) is 0 Å². The highest BCUT2D eigenvalue weighted by molar-refractivity contribution is 7.89. The van der Waals surface area contributed by atoms with Gasteiger partial charge in [0.15, 0.2) is 0 Å². The second-order valence-electron chi connectivity index (χ2n) is 9.98. The lowest BCUT2D eigenvalue weighted by atomic mass is 10.00. The minimum atomic E-state index is -3.94. The number of benzene rings is 3. The van der Waals surface area contributed by atoms with Gasteiger partial charge in [-0.15, -0.1) is 0 Å². The Morgan fingerprint density at radius 3 is 2.00 bits per heavy atom. The maximum Gasteiger partial charge on any atom is 0.408 e. The van der Waals surface area contributed by atoms with Crippen molar-refractivity contribution in [2.75, 3.05) is 13.1 Å². The monoisotopic (exact) mass is 610 g/mol. The maximum absolute atomic E-state index is 13.4. The van der Waals surface area contributed by atoms with Gasteiger partial charge in [-0.3, -0.25) is 9.59 Å². The summed E-state index contributed by atoms with van der Waals surface area (Å²) >= 11 is 0. The number of carbonyl (C=O) groups excluding carboxylic acids is 3. The van der Waals surface area contributed by atoms with Gasteiger partial charge < -0.3 is 26.2 Å². The Balaban J connectivity index is 1.79. The zero-order valence-electron chi connectivity index (χ0n) is 24.0. The quantitative estimate of drug-likeness (QED) is 0.193. The second-order valence-corrected chi connectivity index (χ2v) is 11.9. The largest absolute Gasteiger partial charge is 0.445 e. The number of aliphatic hydroxyl groups excluding tert-OH is 1. The Labute approximate surface area is 252 Å². The summed E-state index contributed by atoms with van der Waals surface area (Å²) in [6.07, 6.45) is -2.18. The van der Waals surface area contributed by atoms with Gasteiger partial charge in [0.25, 0.3) is 0 Å². The molecular formula is C31H38N4O7S. The molecule has 3 aromatic rings. The molecule has 0 aliphatic carbocycles. The number of nitrogens with one attached hydrogen (secondary N) is 2. The van der Waals surface area contributed by atoms with Gasteiger partial charge in [-0.25, -0.2) is 13.2 Å². The average molecular weight is 611 g/mol. The van der Waals surface area contributed by atoms with Crippen LogP contribution in [0.2, 0.25) is 0 Å². The lowest BCUT2D eigenvalue weighted by molar-refractivity contribution is -0.128. The van der Waals surface area contributed by atoms with Crippen molar-refractivity contribution >= 4 is 27.9 Å².